The third kappa shape index (κ3) is 3.81. The van der Waals surface area contributed by atoms with Crippen molar-refractivity contribution in [2.24, 2.45) is 5.41 Å². The Morgan fingerprint density at radius 1 is 1.26 bits per heavy atom. The lowest BCUT2D eigenvalue weighted by Gasteiger charge is -2.22. The zero-order valence-corrected chi connectivity index (χ0v) is 12.1. The van der Waals surface area contributed by atoms with Crippen molar-refractivity contribution in [3.8, 4) is 5.75 Å². The van der Waals surface area contributed by atoms with Crippen LogP contribution in [0.25, 0.3) is 0 Å². The fourth-order valence-corrected chi connectivity index (χ4v) is 1.62. The van der Waals surface area contributed by atoms with Gasteiger partial charge < -0.3 is 9.47 Å². The quantitative estimate of drug-likeness (QED) is 0.606. The molecule has 1 aromatic rings. The molecule has 104 valence electrons. The van der Waals surface area contributed by atoms with Crippen LogP contribution in [0.4, 0.5) is 0 Å². The van der Waals surface area contributed by atoms with E-state index in [2.05, 4.69) is 0 Å². The van der Waals surface area contributed by atoms with E-state index in [-0.39, 0.29) is 18.4 Å². The van der Waals surface area contributed by atoms with Crippen molar-refractivity contribution < 1.29 is 19.1 Å². The molecule has 19 heavy (non-hydrogen) atoms. The van der Waals surface area contributed by atoms with Crippen LogP contribution >= 0.6 is 0 Å². The second-order valence-electron chi connectivity index (χ2n) is 5.20. The second-order valence-corrected chi connectivity index (χ2v) is 5.20. The van der Waals surface area contributed by atoms with Gasteiger partial charge in [0, 0.05) is 5.56 Å². The van der Waals surface area contributed by atoms with E-state index in [0.717, 1.165) is 5.56 Å². The Morgan fingerprint density at radius 3 is 2.37 bits per heavy atom. The highest BCUT2D eigenvalue weighted by molar-refractivity contribution is 5.94. The van der Waals surface area contributed by atoms with Crippen LogP contribution in [0, 0.1) is 12.3 Å². The number of ketones is 1. The van der Waals surface area contributed by atoms with Crippen LogP contribution < -0.4 is 4.74 Å². The van der Waals surface area contributed by atoms with Crippen LogP contribution in [-0.2, 0) is 9.53 Å². The van der Waals surface area contributed by atoms with Gasteiger partial charge in [0.1, 0.15) is 12.4 Å². The van der Waals surface area contributed by atoms with Gasteiger partial charge in [-0.1, -0.05) is 0 Å². The van der Waals surface area contributed by atoms with Crippen LogP contribution in [0.2, 0.25) is 0 Å². The summed E-state index contributed by atoms with van der Waals surface area (Å²) in [6, 6.07) is 5.25. The molecule has 0 heterocycles. The van der Waals surface area contributed by atoms with Crippen molar-refractivity contribution in [1.82, 2.24) is 0 Å². The van der Waals surface area contributed by atoms with Gasteiger partial charge in [-0.15, -0.1) is 0 Å². The number of methoxy groups -OCH3 is 1. The molecule has 0 aliphatic rings. The minimum Gasteiger partial charge on any atom is -0.492 e. The Kier molecular flexibility index (Phi) is 4.70. The molecule has 0 saturated heterocycles. The molecule has 0 unspecified atom stereocenters. The van der Waals surface area contributed by atoms with Crippen LogP contribution in [0.15, 0.2) is 18.2 Å². The smallest absolute Gasteiger partial charge is 0.314 e. The first-order chi connectivity index (χ1) is 8.77. The normalized spacial score (nSPS) is 11.0. The van der Waals surface area contributed by atoms with Crippen LogP contribution in [-0.4, -0.2) is 25.5 Å². The Bertz CT molecular complexity index is 489. The molecule has 0 fully saturated rings. The highest BCUT2D eigenvalue weighted by atomic mass is 16.5. The maximum absolute atomic E-state index is 11.5. The largest absolute Gasteiger partial charge is 0.492 e. The van der Waals surface area contributed by atoms with E-state index < -0.39 is 5.41 Å². The molecule has 0 amide bonds. The summed E-state index contributed by atoms with van der Waals surface area (Å²) in [5.74, 6) is 0.372. The molecule has 4 nitrogen and oxygen atoms in total. The zero-order valence-electron chi connectivity index (χ0n) is 12.1. The number of carbonyl (C=O) groups is 2. The number of esters is 1. The third-order valence-electron chi connectivity index (χ3n) is 2.91. The summed E-state index contributed by atoms with van der Waals surface area (Å²) in [6.07, 6.45) is 0. The van der Waals surface area contributed by atoms with Crippen molar-refractivity contribution in [2.75, 3.05) is 13.7 Å². The highest BCUT2D eigenvalue weighted by Gasteiger charge is 2.29. The lowest BCUT2D eigenvalue weighted by Crippen LogP contribution is -2.32. The van der Waals surface area contributed by atoms with E-state index >= 15 is 0 Å². The molecular formula is C15H20O4. The summed E-state index contributed by atoms with van der Waals surface area (Å²) in [4.78, 5) is 22.8. The van der Waals surface area contributed by atoms with E-state index in [1.165, 1.54) is 14.0 Å². The Hall–Kier alpha value is -1.84. The summed E-state index contributed by atoms with van der Waals surface area (Å²) in [5.41, 5.74) is 0.811. The number of Topliss-reactive ketones (excluding diaryl/α,β-unsaturated/α-hetero) is 1. The van der Waals surface area contributed by atoms with E-state index in [4.69, 9.17) is 9.47 Å². The first-order valence-corrected chi connectivity index (χ1v) is 6.11. The maximum Gasteiger partial charge on any atom is 0.314 e. The number of aryl methyl sites for hydroxylation is 1. The van der Waals surface area contributed by atoms with Gasteiger partial charge in [0.15, 0.2) is 5.78 Å². The number of ether oxygens (including phenoxy) is 2. The minimum atomic E-state index is -0.708. The molecule has 0 saturated carbocycles. The first kappa shape index (κ1) is 15.2. The Balaban J connectivity index is 2.79. The number of rotatable bonds is 5. The van der Waals surface area contributed by atoms with E-state index in [1.54, 1.807) is 32.0 Å². The number of carbonyl (C=O) groups excluding carboxylic acids is 2. The standard InChI is InChI=1S/C15H20O4/c1-10-8-12(11(2)16)6-7-13(10)19-9-15(3,4)14(17)18-5/h6-8H,9H2,1-5H3. The van der Waals surface area contributed by atoms with Gasteiger partial charge in [-0.2, -0.15) is 0 Å². The average Bonchev–Trinajstić information content (AvgIpc) is 2.36. The molecule has 0 atom stereocenters. The molecule has 0 aliphatic heterocycles. The van der Waals surface area contributed by atoms with Crippen molar-refractivity contribution in [2.45, 2.75) is 27.7 Å². The molecule has 0 radical (unpaired) electrons. The molecule has 4 heteroatoms. The average molecular weight is 264 g/mol. The zero-order chi connectivity index (χ0) is 14.6. The molecule has 1 rings (SSSR count). The van der Waals surface area contributed by atoms with Gasteiger partial charge in [-0.25, -0.2) is 0 Å². The van der Waals surface area contributed by atoms with Gasteiger partial charge in [0.25, 0.3) is 0 Å². The van der Waals surface area contributed by atoms with Crippen molar-refractivity contribution in [3.05, 3.63) is 29.3 Å². The van der Waals surface area contributed by atoms with Crippen LogP contribution in [0.5, 0.6) is 5.75 Å². The van der Waals surface area contributed by atoms with E-state index in [9.17, 15) is 9.59 Å². The first-order valence-electron chi connectivity index (χ1n) is 6.11. The fraction of sp³-hybridized carbons (Fsp3) is 0.467. The topological polar surface area (TPSA) is 52.6 Å². The van der Waals surface area contributed by atoms with Crippen molar-refractivity contribution in [1.29, 1.82) is 0 Å². The predicted molar refractivity (Wildman–Crippen MR) is 72.5 cm³/mol. The number of benzene rings is 1. The summed E-state index contributed by atoms with van der Waals surface area (Å²) in [5, 5.41) is 0. The maximum atomic E-state index is 11.5. The van der Waals surface area contributed by atoms with Crippen molar-refractivity contribution in [3.63, 3.8) is 0 Å². The molecular weight excluding hydrogens is 244 g/mol. The van der Waals surface area contributed by atoms with E-state index in [0.29, 0.717) is 11.3 Å². The lowest BCUT2D eigenvalue weighted by molar-refractivity contribution is -0.152. The van der Waals surface area contributed by atoms with Gasteiger partial charge in [0.2, 0.25) is 0 Å². The van der Waals surface area contributed by atoms with Gasteiger partial charge in [-0.05, 0) is 51.5 Å². The Labute approximate surface area is 113 Å². The lowest BCUT2D eigenvalue weighted by atomic mass is 9.95. The monoisotopic (exact) mass is 264 g/mol. The highest BCUT2D eigenvalue weighted by Crippen LogP contribution is 2.23. The van der Waals surface area contributed by atoms with Crippen molar-refractivity contribution >= 4 is 11.8 Å². The summed E-state index contributed by atoms with van der Waals surface area (Å²) < 4.78 is 10.4. The summed E-state index contributed by atoms with van der Waals surface area (Å²) in [6.45, 7) is 7.14. The number of hydrogen-bond donors (Lipinski definition) is 0. The van der Waals surface area contributed by atoms with Crippen LogP contribution in [0.3, 0.4) is 0 Å². The van der Waals surface area contributed by atoms with E-state index in [1.807, 2.05) is 6.92 Å². The van der Waals surface area contributed by atoms with Gasteiger partial charge in [-0.3, -0.25) is 9.59 Å². The molecule has 0 bridgehead atoms. The molecule has 0 N–H and O–H groups in total. The fourth-order valence-electron chi connectivity index (χ4n) is 1.62. The molecule has 0 aliphatic carbocycles. The van der Waals surface area contributed by atoms with Gasteiger partial charge >= 0.3 is 5.97 Å². The molecule has 1 aromatic carbocycles. The minimum absolute atomic E-state index is 0.0181. The molecule has 0 aromatic heterocycles. The number of hydrogen-bond acceptors (Lipinski definition) is 4. The molecule has 0 spiro atoms. The SMILES string of the molecule is COC(=O)C(C)(C)COc1ccc(C(C)=O)cc1C. The summed E-state index contributed by atoms with van der Waals surface area (Å²) >= 11 is 0. The Morgan fingerprint density at radius 2 is 1.89 bits per heavy atom. The third-order valence-corrected chi connectivity index (χ3v) is 2.91. The van der Waals surface area contributed by atoms with Gasteiger partial charge in [0.05, 0.1) is 12.5 Å². The van der Waals surface area contributed by atoms with Crippen LogP contribution in [0.1, 0.15) is 36.7 Å². The predicted octanol–water partition coefficient (Wildman–Crippen LogP) is 2.78. The summed E-state index contributed by atoms with van der Waals surface area (Å²) in [7, 11) is 1.36. The second kappa shape index (κ2) is 5.87.